The lowest BCUT2D eigenvalue weighted by molar-refractivity contribution is -0.116. The summed E-state index contributed by atoms with van der Waals surface area (Å²) in [6, 6.07) is 7.77. The lowest BCUT2D eigenvalue weighted by Gasteiger charge is -2.00. The van der Waals surface area contributed by atoms with Gasteiger partial charge in [-0.25, -0.2) is 4.98 Å². The molecule has 0 fully saturated rings. The quantitative estimate of drug-likeness (QED) is 0.852. The van der Waals surface area contributed by atoms with Crippen LogP contribution in [-0.2, 0) is 11.2 Å². The van der Waals surface area contributed by atoms with Crippen LogP contribution in [0.3, 0.4) is 0 Å². The van der Waals surface area contributed by atoms with Crippen molar-refractivity contribution in [2.24, 2.45) is 0 Å². The van der Waals surface area contributed by atoms with E-state index < -0.39 is 0 Å². The van der Waals surface area contributed by atoms with Crippen LogP contribution in [0.2, 0.25) is 5.02 Å². The summed E-state index contributed by atoms with van der Waals surface area (Å²) in [5, 5.41) is 4.24. The summed E-state index contributed by atoms with van der Waals surface area (Å²) in [5.41, 5.74) is 1.14. The Morgan fingerprint density at radius 3 is 3.05 bits per heavy atom. The molecule has 3 nitrogen and oxygen atoms in total. The van der Waals surface area contributed by atoms with Crippen molar-refractivity contribution in [3.8, 4) is 0 Å². The van der Waals surface area contributed by atoms with Gasteiger partial charge in [-0.05, 0) is 24.1 Å². The zero-order valence-corrected chi connectivity index (χ0v) is 12.9. The summed E-state index contributed by atoms with van der Waals surface area (Å²) < 4.78 is 0. The highest BCUT2D eigenvalue weighted by Crippen LogP contribution is 2.22. The number of benzene rings is 1. The fraction of sp³-hybridized carbons (Fsp3) is 0.333. The minimum absolute atomic E-state index is 0.0375. The van der Waals surface area contributed by atoms with E-state index in [-0.39, 0.29) is 5.91 Å². The number of carbonyl (C=O) groups excluding carboxylic acids is 1. The number of rotatable bonds is 6. The van der Waals surface area contributed by atoms with E-state index >= 15 is 0 Å². The standard InChI is InChI=1S/C15H17ClN2OS/c1-2-3-7-14(19)18-15-17-10-13(20-15)9-11-5-4-6-12(16)8-11/h4-6,8,10H,2-3,7,9H2,1H3,(H,17,18,19). The third-order valence-electron chi connectivity index (χ3n) is 2.82. The van der Waals surface area contributed by atoms with Gasteiger partial charge in [0.1, 0.15) is 0 Å². The fourth-order valence-electron chi connectivity index (χ4n) is 1.81. The van der Waals surface area contributed by atoms with E-state index in [0.29, 0.717) is 11.6 Å². The third kappa shape index (κ3) is 4.62. The van der Waals surface area contributed by atoms with E-state index in [0.717, 1.165) is 34.7 Å². The largest absolute Gasteiger partial charge is 0.302 e. The number of anilines is 1. The Kier molecular flexibility index (Phi) is 5.56. The zero-order chi connectivity index (χ0) is 14.4. The molecule has 1 N–H and O–H groups in total. The molecule has 0 spiro atoms. The second-order valence-corrected chi connectivity index (χ2v) is 6.14. The first kappa shape index (κ1) is 15.0. The van der Waals surface area contributed by atoms with Crippen molar-refractivity contribution in [3.05, 3.63) is 45.9 Å². The Hall–Kier alpha value is -1.39. The van der Waals surface area contributed by atoms with E-state index in [2.05, 4.69) is 17.2 Å². The molecular weight excluding hydrogens is 292 g/mol. The van der Waals surface area contributed by atoms with Crippen LogP contribution in [0.4, 0.5) is 5.13 Å². The number of hydrogen-bond donors (Lipinski definition) is 1. The van der Waals surface area contributed by atoms with Crippen LogP contribution in [-0.4, -0.2) is 10.9 Å². The molecule has 0 bridgehead atoms. The van der Waals surface area contributed by atoms with Crippen molar-refractivity contribution in [1.82, 2.24) is 4.98 Å². The number of amides is 1. The van der Waals surface area contributed by atoms with Gasteiger partial charge in [-0.1, -0.05) is 37.1 Å². The van der Waals surface area contributed by atoms with Gasteiger partial charge < -0.3 is 5.32 Å². The van der Waals surface area contributed by atoms with Crippen molar-refractivity contribution in [2.45, 2.75) is 32.6 Å². The normalized spacial score (nSPS) is 10.5. The molecule has 2 rings (SSSR count). The van der Waals surface area contributed by atoms with Gasteiger partial charge in [0.25, 0.3) is 0 Å². The Bertz CT molecular complexity index is 583. The highest BCUT2D eigenvalue weighted by atomic mass is 35.5. The molecule has 1 amide bonds. The Morgan fingerprint density at radius 1 is 1.45 bits per heavy atom. The molecule has 0 radical (unpaired) electrons. The Morgan fingerprint density at radius 2 is 2.30 bits per heavy atom. The van der Waals surface area contributed by atoms with Gasteiger partial charge in [0, 0.05) is 28.9 Å². The Labute approximate surface area is 128 Å². The van der Waals surface area contributed by atoms with Crippen LogP contribution in [0.25, 0.3) is 0 Å². The number of unbranched alkanes of at least 4 members (excludes halogenated alkanes) is 1. The smallest absolute Gasteiger partial charge is 0.226 e. The maximum Gasteiger partial charge on any atom is 0.226 e. The molecule has 5 heteroatoms. The van der Waals surface area contributed by atoms with Gasteiger partial charge in [0.05, 0.1) is 0 Å². The van der Waals surface area contributed by atoms with E-state index in [9.17, 15) is 4.79 Å². The molecule has 0 aliphatic rings. The number of nitrogens with zero attached hydrogens (tertiary/aromatic N) is 1. The van der Waals surface area contributed by atoms with Crippen molar-refractivity contribution in [1.29, 1.82) is 0 Å². The summed E-state index contributed by atoms with van der Waals surface area (Å²) in [6.07, 6.45) is 5.07. The SMILES string of the molecule is CCCCC(=O)Nc1ncc(Cc2cccc(Cl)c2)s1. The number of nitrogens with one attached hydrogen (secondary N) is 1. The summed E-state index contributed by atoms with van der Waals surface area (Å²) in [7, 11) is 0. The van der Waals surface area contributed by atoms with Crippen LogP contribution in [0, 0.1) is 0 Å². The van der Waals surface area contributed by atoms with Crippen LogP contribution >= 0.6 is 22.9 Å². The summed E-state index contributed by atoms with van der Waals surface area (Å²) in [4.78, 5) is 17.0. The first-order valence-electron chi connectivity index (χ1n) is 6.66. The van der Waals surface area contributed by atoms with Gasteiger partial charge in [0.15, 0.2) is 5.13 Å². The minimum Gasteiger partial charge on any atom is -0.302 e. The highest BCUT2D eigenvalue weighted by molar-refractivity contribution is 7.15. The molecule has 0 saturated carbocycles. The third-order valence-corrected chi connectivity index (χ3v) is 3.97. The molecule has 0 atom stereocenters. The Balaban J connectivity index is 1.93. The number of carbonyl (C=O) groups is 1. The predicted octanol–water partition coefficient (Wildman–Crippen LogP) is 4.52. The first-order valence-corrected chi connectivity index (χ1v) is 7.86. The summed E-state index contributed by atoms with van der Waals surface area (Å²) >= 11 is 7.47. The summed E-state index contributed by atoms with van der Waals surface area (Å²) in [6.45, 7) is 2.07. The molecule has 20 heavy (non-hydrogen) atoms. The van der Waals surface area contributed by atoms with E-state index in [1.807, 2.05) is 24.3 Å². The van der Waals surface area contributed by atoms with E-state index in [1.165, 1.54) is 11.3 Å². The highest BCUT2D eigenvalue weighted by Gasteiger charge is 2.07. The molecule has 0 aliphatic carbocycles. The number of aromatic nitrogens is 1. The molecular formula is C15H17ClN2OS. The van der Waals surface area contributed by atoms with Gasteiger partial charge in [-0.2, -0.15) is 0 Å². The molecule has 0 aliphatic heterocycles. The topological polar surface area (TPSA) is 42.0 Å². The van der Waals surface area contributed by atoms with Crippen molar-refractivity contribution in [2.75, 3.05) is 5.32 Å². The van der Waals surface area contributed by atoms with Gasteiger partial charge in [-0.15, -0.1) is 11.3 Å². The van der Waals surface area contributed by atoms with Crippen LogP contribution < -0.4 is 5.32 Å². The van der Waals surface area contributed by atoms with Crippen LogP contribution in [0.1, 0.15) is 36.6 Å². The molecule has 0 unspecified atom stereocenters. The lowest BCUT2D eigenvalue weighted by atomic mass is 10.1. The summed E-state index contributed by atoms with van der Waals surface area (Å²) in [5.74, 6) is 0.0375. The minimum atomic E-state index is 0.0375. The predicted molar refractivity (Wildman–Crippen MR) is 84.5 cm³/mol. The molecule has 106 valence electrons. The second-order valence-electron chi connectivity index (χ2n) is 4.59. The monoisotopic (exact) mass is 308 g/mol. The van der Waals surface area contributed by atoms with Gasteiger partial charge >= 0.3 is 0 Å². The van der Waals surface area contributed by atoms with E-state index in [4.69, 9.17) is 11.6 Å². The van der Waals surface area contributed by atoms with E-state index in [1.54, 1.807) is 6.20 Å². The van der Waals surface area contributed by atoms with Crippen molar-refractivity contribution in [3.63, 3.8) is 0 Å². The second kappa shape index (κ2) is 7.41. The molecule has 1 heterocycles. The van der Waals surface area contributed by atoms with Crippen LogP contribution in [0.15, 0.2) is 30.5 Å². The lowest BCUT2D eigenvalue weighted by Crippen LogP contribution is -2.10. The van der Waals surface area contributed by atoms with Gasteiger partial charge in [0.2, 0.25) is 5.91 Å². The maximum atomic E-state index is 11.6. The molecule has 1 aromatic carbocycles. The van der Waals surface area contributed by atoms with Crippen molar-refractivity contribution < 1.29 is 4.79 Å². The molecule has 1 aromatic heterocycles. The molecule has 2 aromatic rings. The average molecular weight is 309 g/mol. The maximum absolute atomic E-state index is 11.6. The molecule has 0 saturated heterocycles. The number of thiazole rings is 1. The van der Waals surface area contributed by atoms with Crippen molar-refractivity contribution >= 4 is 34.0 Å². The number of halogens is 1. The fourth-order valence-corrected chi connectivity index (χ4v) is 2.89. The van der Waals surface area contributed by atoms with Gasteiger partial charge in [-0.3, -0.25) is 4.79 Å². The first-order chi connectivity index (χ1) is 9.67. The van der Waals surface area contributed by atoms with Crippen LogP contribution in [0.5, 0.6) is 0 Å². The number of hydrogen-bond acceptors (Lipinski definition) is 3. The zero-order valence-electron chi connectivity index (χ0n) is 11.4. The average Bonchev–Trinajstić information content (AvgIpc) is 2.83.